The van der Waals surface area contributed by atoms with Gasteiger partial charge in [0.05, 0.1) is 11.4 Å². The first-order chi connectivity index (χ1) is 27.5. The number of nitrogens with zero attached hydrogens (tertiary/aromatic N) is 6. The number of hydrogen-bond donors (Lipinski definition) is 0. The second-order valence-electron chi connectivity index (χ2n) is 16.3. The van der Waals surface area contributed by atoms with Crippen molar-refractivity contribution in [3.8, 4) is 28.6 Å². The van der Waals surface area contributed by atoms with Crippen LogP contribution in [0, 0.1) is 18.8 Å². The molecule has 1 aliphatic rings. The number of benzene rings is 4. The van der Waals surface area contributed by atoms with E-state index in [1.165, 1.54) is 22.4 Å². The Bertz CT molecular complexity index is 2740. The number of para-hydroxylation sites is 1. The summed E-state index contributed by atoms with van der Waals surface area (Å²) in [6.45, 7) is 17.8. The van der Waals surface area contributed by atoms with E-state index in [1.807, 2.05) is 61.1 Å². The van der Waals surface area contributed by atoms with Gasteiger partial charge in [-0.15, -0.1) is 42.4 Å². The van der Waals surface area contributed by atoms with Gasteiger partial charge in [0, 0.05) is 67.9 Å². The SMILES string of the molecule is CC(C)c1cc(-c2ccccn2)cc(C(C)C)c1N1[CH-]N(c2[c-]c(Oc3[c-]c4c(cc3)c3ccccc3n4-c3cc(C(C)(C)C)ccn3)ccc2)c2ncccc21.[Pt]. The first-order valence-corrected chi connectivity index (χ1v) is 19.7. The summed E-state index contributed by atoms with van der Waals surface area (Å²) in [5, 5.41) is 2.22. The maximum Gasteiger partial charge on any atom is 0.135 e. The van der Waals surface area contributed by atoms with E-state index in [2.05, 4.69) is 148 Å². The molecule has 0 bridgehead atoms. The second kappa shape index (κ2) is 15.5. The van der Waals surface area contributed by atoms with E-state index in [0.717, 1.165) is 56.1 Å². The molecule has 0 saturated carbocycles. The minimum Gasteiger partial charge on any atom is -0.509 e. The predicted molar refractivity (Wildman–Crippen MR) is 232 cm³/mol. The number of aromatic nitrogens is 4. The molecule has 9 rings (SSSR count). The molecular weight excluding hydrogens is 896 g/mol. The van der Waals surface area contributed by atoms with Crippen LogP contribution in [-0.2, 0) is 26.5 Å². The summed E-state index contributed by atoms with van der Waals surface area (Å²) in [6.07, 6.45) is 5.59. The Hall–Kier alpha value is -5.78. The Kier molecular flexibility index (Phi) is 10.5. The van der Waals surface area contributed by atoms with Crippen molar-refractivity contribution < 1.29 is 25.8 Å². The minimum atomic E-state index is -0.0206. The fraction of sp³-hybridized carbons (Fsp3) is 0.200. The molecule has 7 nitrogen and oxygen atoms in total. The second-order valence-corrected chi connectivity index (χ2v) is 16.3. The van der Waals surface area contributed by atoms with Gasteiger partial charge < -0.3 is 19.1 Å². The van der Waals surface area contributed by atoms with Gasteiger partial charge in [-0.2, -0.15) is 12.1 Å². The Labute approximate surface area is 355 Å². The van der Waals surface area contributed by atoms with Gasteiger partial charge in [0.2, 0.25) is 0 Å². The van der Waals surface area contributed by atoms with E-state index < -0.39 is 0 Å². The van der Waals surface area contributed by atoms with E-state index in [0.29, 0.717) is 11.5 Å². The molecule has 0 radical (unpaired) electrons. The molecule has 5 heterocycles. The molecule has 0 spiro atoms. The normalized spacial score (nSPS) is 12.8. The summed E-state index contributed by atoms with van der Waals surface area (Å²) in [7, 11) is 0. The molecule has 0 aliphatic carbocycles. The van der Waals surface area contributed by atoms with Crippen molar-refractivity contribution in [2.45, 2.75) is 65.7 Å². The molecule has 0 atom stereocenters. The Morgan fingerprint density at radius 3 is 2.14 bits per heavy atom. The first kappa shape index (κ1) is 39.1. The van der Waals surface area contributed by atoms with Crippen molar-refractivity contribution >= 4 is 44.7 Å². The van der Waals surface area contributed by atoms with Crippen LogP contribution in [-0.4, -0.2) is 19.5 Å². The molecule has 58 heavy (non-hydrogen) atoms. The topological polar surface area (TPSA) is 59.3 Å². The molecule has 0 unspecified atom stereocenters. The molecule has 4 aromatic heterocycles. The van der Waals surface area contributed by atoms with Crippen LogP contribution in [0.5, 0.6) is 11.5 Å². The molecule has 0 saturated heterocycles. The maximum absolute atomic E-state index is 6.58. The zero-order chi connectivity index (χ0) is 39.4. The van der Waals surface area contributed by atoms with Gasteiger partial charge in [0.25, 0.3) is 0 Å². The summed E-state index contributed by atoms with van der Waals surface area (Å²) in [5.74, 6) is 3.37. The zero-order valence-electron chi connectivity index (χ0n) is 33.8. The van der Waals surface area contributed by atoms with Crippen LogP contribution in [0.3, 0.4) is 0 Å². The average Bonchev–Trinajstić information content (AvgIpc) is 3.76. The zero-order valence-corrected chi connectivity index (χ0v) is 36.0. The third-order valence-electron chi connectivity index (χ3n) is 10.7. The molecule has 0 fully saturated rings. The molecular formula is C50H45N6OPt-3. The maximum atomic E-state index is 6.58. The monoisotopic (exact) mass is 940 g/mol. The van der Waals surface area contributed by atoms with E-state index in [1.54, 1.807) is 0 Å². The Balaban J connectivity index is 0.00000469. The fourth-order valence-electron chi connectivity index (χ4n) is 7.80. The fourth-order valence-corrected chi connectivity index (χ4v) is 7.80. The Morgan fingerprint density at radius 1 is 0.655 bits per heavy atom. The van der Waals surface area contributed by atoms with Gasteiger partial charge in [0.15, 0.2) is 0 Å². The summed E-state index contributed by atoms with van der Waals surface area (Å²) >= 11 is 0. The molecule has 4 aromatic carbocycles. The van der Waals surface area contributed by atoms with E-state index in [-0.39, 0.29) is 38.3 Å². The van der Waals surface area contributed by atoms with Crippen LogP contribution >= 0.6 is 0 Å². The molecule has 1 aliphatic heterocycles. The number of pyridine rings is 3. The number of fused-ring (bicyclic) bond motifs is 4. The summed E-state index contributed by atoms with van der Waals surface area (Å²) < 4.78 is 8.77. The third-order valence-corrected chi connectivity index (χ3v) is 10.7. The van der Waals surface area contributed by atoms with Gasteiger partial charge in [0.1, 0.15) is 11.6 Å². The van der Waals surface area contributed by atoms with Crippen LogP contribution in [0.2, 0.25) is 0 Å². The van der Waals surface area contributed by atoms with Crippen LogP contribution in [0.15, 0.2) is 128 Å². The van der Waals surface area contributed by atoms with Gasteiger partial charge in [-0.05, 0) is 93.9 Å². The smallest absolute Gasteiger partial charge is 0.135 e. The molecule has 8 aromatic rings. The van der Waals surface area contributed by atoms with Gasteiger partial charge in [-0.3, -0.25) is 4.98 Å². The Morgan fingerprint density at radius 2 is 1.40 bits per heavy atom. The number of ether oxygens (including phenoxy) is 1. The number of anilines is 4. The van der Waals surface area contributed by atoms with Crippen LogP contribution in [0.25, 0.3) is 38.9 Å². The molecule has 294 valence electrons. The summed E-state index contributed by atoms with van der Waals surface area (Å²) in [4.78, 5) is 18.8. The van der Waals surface area contributed by atoms with Crippen molar-refractivity contribution in [2.24, 2.45) is 0 Å². The predicted octanol–water partition coefficient (Wildman–Crippen LogP) is 13.0. The van der Waals surface area contributed by atoms with E-state index in [4.69, 9.17) is 19.7 Å². The van der Waals surface area contributed by atoms with Crippen LogP contribution in [0.4, 0.5) is 22.9 Å². The number of hydrogen-bond acceptors (Lipinski definition) is 6. The standard InChI is InChI=1S/C50H45N6O.Pt/c1-32(2)41-26-34(43-17-10-11-23-51-43)27-42(33(3)4)48(41)55-31-54(49-45(55)19-13-24-53-49)36-14-12-15-37(29-36)57-38-20-21-40-39-16-8-9-18-44(39)56(46(40)30-38)47-28-35(22-25-52-47)50(5,6)7;/h8-28,31-33H,1-7H3;/q-3;. The summed E-state index contributed by atoms with van der Waals surface area (Å²) in [5.41, 5.74) is 10.7. The molecule has 0 N–H and O–H groups in total. The average molecular weight is 941 g/mol. The third kappa shape index (κ3) is 7.07. The van der Waals surface area contributed by atoms with Gasteiger partial charge in [-0.1, -0.05) is 83.9 Å². The van der Waals surface area contributed by atoms with E-state index in [9.17, 15) is 0 Å². The van der Waals surface area contributed by atoms with Crippen LogP contribution < -0.4 is 14.5 Å². The van der Waals surface area contributed by atoms with Crippen molar-refractivity contribution in [3.05, 3.63) is 163 Å². The quantitative estimate of drug-likeness (QED) is 0.142. The molecule has 0 amide bonds. The molecule has 8 heteroatoms. The first-order valence-electron chi connectivity index (χ1n) is 19.7. The minimum absolute atomic E-state index is 0. The van der Waals surface area contributed by atoms with Crippen molar-refractivity contribution in [3.63, 3.8) is 0 Å². The van der Waals surface area contributed by atoms with E-state index >= 15 is 0 Å². The van der Waals surface area contributed by atoms with Gasteiger partial charge in [-0.25, -0.2) is 9.97 Å². The van der Waals surface area contributed by atoms with Crippen molar-refractivity contribution in [1.29, 1.82) is 0 Å². The van der Waals surface area contributed by atoms with Crippen molar-refractivity contribution in [1.82, 2.24) is 19.5 Å². The number of rotatable bonds is 8. The van der Waals surface area contributed by atoms with Crippen LogP contribution in [0.1, 0.15) is 77.0 Å². The summed E-state index contributed by atoms with van der Waals surface area (Å²) in [6, 6.07) is 44.7. The van der Waals surface area contributed by atoms with Gasteiger partial charge >= 0.3 is 0 Å². The largest absolute Gasteiger partial charge is 0.509 e. The van der Waals surface area contributed by atoms with Crippen molar-refractivity contribution in [2.75, 3.05) is 9.80 Å².